The van der Waals surface area contributed by atoms with Crippen LogP contribution in [0.15, 0.2) is 18.2 Å². The number of rotatable bonds is 6. The van der Waals surface area contributed by atoms with Crippen molar-refractivity contribution in [1.29, 1.82) is 0 Å². The molecule has 1 aromatic rings. The summed E-state index contributed by atoms with van der Waals surface area (Å²) < 4.78 is 14.3. The van der Waals surface area contributed by atoms with Gasteiger partial charge in [0.2, 0.25) is 0 Å². The zero-order valence-corrected chi connectivity index (χ0v) is 13.8. The molecule has 0 amide bonds. The number of hydrogen-bond donors (Lipinski definition) is 1. The maximum absolute atomic E-state index is 14.3. The molecule has 118 valence electrons. The molecule has 2 nitrogen and oxygen atoms in total. The molecule has 1 saturated heterocycles. The summed E-state index contributed by atoms with van der Waals surface area (Å²) in [4.78, 5) is 2.20. The van der Waals surface area contributed by atoms with Crippen molar-refractivity contribution in [1.82, 2.24) is 5.32 Å². The molecule has 0 radical (unpaired) electrons. The molecule has 3 heteroatoms. The summed E-state index contributed by atoms with van der Waals surface area (Å²) in [6, 6.07) is 5.68. The van der Waals surface area contributed by atoms with E-state index >= 15 is 0 Å². The Hall–Kier alpha value is -1.09. The first-order valence-corrected chi connectivity index (χ1v) is 8.21. The van der Waals surface area contributed by atoms with Gasteiger partial charge >= 0.3 is 0 Å². The summed E-state index contributed by atoms with van der Waals surface area (Å²) in [6.45, 7) is 12.5. The van der Waals surface area contributed by atoms with E-state index in [1.807, 2.05) is 6.07 Å². The minimum Gasteiger partial charge on any atom is -0.369 e. The molecule has 0 aromatic heterocycles. The van der Waals surface area contributed by atoms with Gasteiger partial charge in [0.05, 0.1) is 5.69 Å². The summed E-state index contributed by atoms with van der Waals surface area (Å²) in [6.07, 6.45) is 1.18. The fourth-order valence-corrected chi connectivity index (χ4v) is 2.97. The first-order chi connectivity index (χ1) is 9.97. The van der Waals surface area contributed by atoms with E-state index in [1.165, 1.54) is 6.42 Å². The molecule has 1 unspecified atom stereocenters. The maximum atomic E-state index is 14.3. The highest BCUT2D eigenvalue weighted by Gasteiger charge is 2.26. The lowest BCUT2D eigenvalue weighted by Gasteiger charge is -2.21. The van der Waals surface area contributed by atoms with Gasteiger partial charge in [-0.2, -0.15) is 0 Å². The average Bonchev–Trinajstić information content (AvgIpc) is 2.88. The number of halogens is 1. The van der Waals surface area contributed by atoms with Crippen molar-refractivity contribution in [3.63, 3.8) is 0 Å². The smallest absolute Gasteiger partial charge is 0.146 e. The molecule has 1 aromatic carbocycles. The highest BCUT2D eigenvalue weighted by molar-refractivity contribution is 5.50. The number of hydrogen-bond acceptors (Lipinski definition) is 2. The Morgan fingerprint density at radius 2 is 2.05 bits per heavy atom. The van der Waals surface area contributed by atoms with E-state index in [9.17, 15) is 4.39 Å². The topological polar surface area (TPSA) is 15.3 Å². The molecule has 0 aliphatic carbocycles. The molecule has 0 bridgehead atoms. The number of nitrogens with one attached hydrogen (secondary N) is 1. The van der Waals surface area contributed by atoms with Gasteiger partial charge in [-0.05, 0) is 48.4 Å². The largest absolute Gasteiger partial charge is 0.369 e. The van der Waals surface area contributed by atoms with E-state index in [1.54, 1.807) is 6.07 Å². The molecule has 0 spiro atoms. The van der Waals surface area contributed by atoms with E-state index in [2.05, 4.69) is 44.0 Å². The van der Waals surface area contributed by atoms with Crippen LogP contribution in [-0.2, 0) is 6.54 Å². The molecule has 1 aliphatic heterocycles. The highest BCUT2D eigenvalue weighted by atomic mass is 19.1. The van der Waals surface area contributed by atoms with Crippen LogP contribution in [0, 0.1) is 23.6 Å². The average molecular weight is 292 g/mol. The Morgan fingerprint density at radius 1 is 1.29 bits per heavy atom. The fraction of sp³-hybridized carbons (Fsp3) is 0.667. The minimum absolute atomic E-state index is 0.0803. The summed E-state index contributed by atoms with van der Waals surface area (Å²) >= 11 is 0. The molecule has 1 aliphatic rings. The van der Waals surface area contributed by atoms with Gasteiger partial charge in [0, 0.05) is 19.6 Å². The van der Waals surface area contributed by atoms with E-state index in [4.69, 9.17) is 0 Å². The first-order valence-electron chi connectivity index (χ1n) is 8.21. The Bertz CT molecular complexity index is 457. The zero-order valence-electron chi connectivity index (χ0n) is 13.8. The summed E-state index contributed by atoms with van der Waals surface area (Å²) in [5, 5.41) is 3.36. The Morgan fingerprint density at radius 3 is 2.62 bits per heavy atom. The Kier molecular flexibility index (Phi) is 5.63. The van der Waals surface area contributed by atoms with E-state index in [0.717, 1.165) is 37.4 Å². The molecule has 1 N–H and O–H groups in total. The third-order valence-corrected chi connectivity index (χ3v) is 4.40. The molecule has 0 saturated carbocycles. The zero-order chi connectivity index (χ0) is 15.4. The SMILES string of the molecule is CC(C)CNCc1ccc(N2CCC(C(C)C)C2)c(F)c1. The van der Waals surface area contributed by atoms with Crippen LogP contribution in [0.4, 0.5) is 10.1 Å². The summed E-state index contributed by atoms with van der Waals surface area (Å²) in [5.74, 6) is 1.91. The van der Waals surface area contributed by atoms with E-state index in [0.29, 0.717) is 17.8 Å². The number of anilines is 1. The quantitative estimate of drug-likeness (QED) is 0.851. The second kappa shape index (κ2) is 7.26. The van der Waals surface area contributed by atoms with Crippen LogP contribution in [0.25, 0.3) is 0 Å². The molecule has 1 fully saturated rings. The maximum Gasteiger partial charge on any atom is 0.146 e. The first kappa shape index (κ1) is 16.3. The number of benzene rings is 1. The van der Waals surface area contributed by atoms with Crippen molar-refractivity contribution in [2.75, 3.05) is 24.5 Å². The second-order valence-corrected chi connectivity index (χ2v) is 7.05. The van der Waals surface area contributed by atoms with Gasteiger partial charge in [0.25, 0.3) is 0 Å². The predicted molar refractivity (Wildman–Crippen MR) is 88.1 cm³/mol. The van der Waals surface area contributed by atoms with Crippen LogP contribution in [0.3, 0.4) is 0 Å². The molecular formula is C18H29FN2. The van der Waals surface area contributed by atoms with Crippen LogP contribution < -0.4 is 10.2 Å². The third kappa shape index (κ3) is 4.44. The van der Waals surface area contributed by atoms with Crippen LogP contribution in [0.2, 0.25) is 0 Å². The lowest BCUT2D eigenvalue weighted by Crippen LogP contribution is -2.22. The lowest BCUT2D eigenvalue weighted by atomic mass is 9.95. The summed E-state index contributed by atoms with van der Waals surface area (Å²) in [7, 11) is 0. The molecule has 1 atom stereocenters. The van der Waals surface area contributed by atoms with Crippen molar-refractivity contribution in [3.05, 3.63) is 29.6 Å². The Balaban J connectivity index is 1.96. The highest BCUT2D eigenvalue weighted by Crippen LogP contribution is 2.30. The minimum atomic E-state index is -0.0803. The molecule has 2 rings (SSSR count). The van der Waals surface area contributed by atoms with Crippen molar-refractivity contribution in [3.8, 4) is 0 Å². The van der Waals surface area contributed by atoms with Crippen molar-refractivity contribution in [2.45, 2.75) is 40.7 Å². The molecule has 21 heavy (non-hydrogen) atoms. The van der Waals surface area contributed by atoms with Crippen LogP contribution in [-0.4, -0.2) is 19.6 Å². The second-order valence-electron chi connectivity index (χ2n) is 7.05. The standard InChI is InChI=1S/C18H29FN2/c1-13(2)10-20-11-15-5-6-18(17(19)9-15)21-8-7-16(12-21)14(3)4/h5-6,9,13-14,16,20H,7-8,10-12H2,1-4H3. The van der Waals surface area contributed by atoms with Gasteiger partial charge < -0.3 is 10.2 Å². The molecule has 1 heterocycles. The molecular weight excluding hydrogens is 263 g/mol. The number of nitrogens with zero attached hydrogens (tertiary/aromatic N) is 1. The van der Waals surface area contributed by atoms with Gasteiger partial charge in [-0.1, -0.05) is 33.8 Å². The Labute approximate surface area is 128 Å². The van der Waals surface area contributed by atoms with E-state index in [-0.39, 0.29) is 5.82 Å². The van der Waals surface area contributed by atoms with Crippen molar-refractivity contribution >= 4 is 5.69 Å². The normalized spacial score (nSPS) is 19.0. The van der Waals surface area contributed by atoms with Gasteiger partial charge in [0.1, 0.15) is 5.82 Å². The van der Waals surface area contributed by atoms with Gasteiger partial charge in [-0.15, -0.1) is 0 Å². The van der Waals surface area contributed by atoms with Crippen LogP contribution in [0.5, 0.6) is 0 Å². The monoisotopic (exact) mass is 292 g/mol. The van der Waals surface area contributed by atoms with Crippen molar-refractivity contribution < 1.29 is 4.39 Å². The van der Waals surface area contributed by atoms with Gasteiger partial charge in [-0.3, -0.25) is 0 Å². The predicted octanol–water partition coefficient (Wildman–Crippen LogP) is 4.05. The van der Waals surface area contributed by atoms with Crippen molar-refractivity contribution in [2.24, 2.45) is 17.8 Å². The lowest BCUT2D eigenvalue weighted by molar-refractivity contribution is 0.422. The van der Waals surface area contributed by atoms with Gasteiger partial charge in [0.15, 0.2) is 0 Å². The van der Waals surface area contributed by atoms with Crippen LogP contribution >= 0.6 is 0 Å². The van der Waals surface area contributed by atoms with Gasteiger partial charge in [-0.25, -0.2) is 4.39 Å². The fourth-order valence-electron chi connectivity index (χ4n) is 2.97. The summed E-state index contributed by atoms with van der Waals surface area (Å²) in [5.41, 5.74) is 1.79. The van der Waals surface area contributed by atoms with E-state index < -0.39 is 0 Å². The van der Waals surface area contributed by atoms with Crippen LogP contribution in [0.1, 0.15) is 39.7 Å². The third-order valence-electron chi connectivity index (χ3n) is 4.40.